The number of hydrogen-bond acceptors (Lipinski definition) is 3. The average molecular weight is 282 g/mol. The first-order valence-electron chi connectivity index (χ1n) is 6.46. The Morgan fingerprint density at radius 1 is 1.40 bits per heavy atom. The number of hydrogen-bond donors (Lipinski definition) is 3. The summed E-state index contributed by atoms with van der Waals surface area (Å²) in [6.45, 7) is 3.15. The molecule has 0 aromatic heterocycles. The second-order valence-corrected chi connectivity index (χ2v) is 4.47. The van der Waals surface area contributed by atoms with Crippen molar-refractivity contribution in [1.82, 2.24) is 5.32 Å². The predicted molar refractivity (Wildman–Crippen MR) is 74.0 cm³/mol. The van der Waals surface area contributed by atoms with Crippen LogP contribution in [0.4, 0.5) is 10.1 Å². The van der Waals surface area contributed by atoms with Crippen molar-refractivity contribution in [2.45, 2.75) is 32.7 Å². The average Bonchev–Trinajstić information content (AvgIpc) is 2.40. The normalized spacial score (nSPS) is 11.8. The van der Waals surface area contributed by atoms with E-state index in [2.05, 4.69) is 10.6 Å². The highest BCUT2D eigenvalue weighted by Crippen LogP contribution is 2.16. The highest BCUT2D eigenvalue weighted by molar-refractivity contribution is 5.97. The van der Waals surface area contributed by atoms with Crippen LogP contribution in [0.1, 0.15) is 37.0 Å². The molecule has 2 amide bonds. The van der Waals surface area contributed by atoms with Crippen LogP contribution in [0.5, 0.6) is 0 Å². The van der Waals surface area contributed by atoms with Crippen molar-refractivity contribution in [2.24, 2.45) is 0 Å². The van der Waals surface area contributed by atoms with Gasteiger partial charge in [0.05, 0.1) is 5.69 Å². The van der Waals surface area contributed by atoms with Crippen LogP contribution in [0.15, 0.2) is 18.2 Å². The standard InChI is InChI=1S/C14H19FN2O3/c1-3-11(6-7-18)17-14(20)10-4-5-12(15)13(8-10)16-9(2)19/h4-5,8,11,18H,3,6-7H2,1-2H3,(H,16,19)(H,17,20). The van der Waals surface area contributed by atoms with E-state index in [-0.39, 0.29) is 29.8 Å². The van der Waals surface area contributed by atoms with E-state index in [1.165, 1.54) is 19.1 Å². The van der Waals surface area contributed by atoms with Gasteiger partial charge >= 0.3 is 0 Å². The van der Waals surface area contributed by atoms with Gasteiger partial charge in [-0.2, -0.15) is 0 Å². The van der Waals surface area contributed by atoms with Gasteiger partial charge in [-0.15, -0.1) is 0 Å². The maximum absolute atomic E-state index is 13.5. The van der Waals surface area contributed by atoms with Crippen molar-refractivity contribution in [3.63, 3.8) is 0 Å². The fraction of sp³-hybridized carbons (Fsp3) is 0.429. The number of aliphatic hydroxyl groups is 1. The lowest BCUT2D eigenvalue weighted by atomic mass is 10.1. The molecule has 1 aromatic carbocycles. The summed E-state index contributed by atoms with van der Waals surface area (Å²) in [5.74, 6) is -1.37. The molecule has 0 spiro atoms. The van der Waals surface area contributed by atoms with Crippen LogP contribution in [0.3, 0.4) is 0 Å². The Morgan fingerprint density at radius 2 is 2.10 bits per heavy atom. The second-order valence-electron chi connectivity index (χ2n) is 4.47. The number of carbonyl (C=O) groups excluding carboxylic acids is 2. The zero-order valence-electron chi connectivity index (χ0n) is 11.6. The van der Waals surface area contributed by atoms with Crippen LogP contribution >= 0.6 is 0 Å². The molecule has 1 rings (SSSR count). The van der Waals surface area contributed by atoms with Crippen molar-refractivity contribution in [3.8, 4) is 0 Å². The fourth-order valence-electron chi connectivity index (χ4n) is 1.75. The first-order chi connectivity index (χ1) is 9.47. The maximum Gasteiger partial charge on any atom is 0.251 e. The van der Waals surface area contributed by atoms with Crippen LogP contribution < -0.4 is 10.6 Å². The highest BCUT2D eigenvalue weighted by Gasteiger charge is 2.14. The highest BCUT2D eigenvalue weighted by atomic mass is 19.1. The molecular weight excluding hydrogens is 263 g/mol. The van der Waals surface area contributed by atoms with Gasteiger partial charge in [-0.05, 0) is 31.0 Å². The third-order valence-electron chi connectivity index (χ3n) is 2.84. The third-order valence-corrected chi connectivity index (χ3v) is 2.84. The molecule has 1 atom stereocenters. The van der Waals surface area contributed by atoms with Gasteiger partial charge in [0.25, 0.3) is 5.91 Å². The second kappa shape index (κ2) is 7.59. The predicted octanol–water partition coefficient (Wildman–Crippen LogP) is 1.67. The molecule has 0 heterocycles. The van der Waals surface area contributed by atoms with Gasteiger partial charge in [0.2, 0.25) is 5.91 Å². The van der Waals surface area contributed by atoms with Crippen LogP contribution in [0, 0.1) is 5.82 Å². The molecular formula is C14H19FN2O3. The Bertz CT molecular complexity index is 491. The molecule has 5 nitrogen and oxygen atoms in total. The molecule has 0 saturated carbocycles. The Balaban J connectivity index is 2.85. The number of halogens is 1. The van der Waals surface area contributed by atoms with Crippen molar-refractivity contribution >= 4 is 17.5 Å². The van der Waals surface area contributed by atoms with Gasteiger partial charge in [-0.25, -0.2) is 4.39 Å². The third kappa shape index (κ3) is 4.62. The SMILES string of the molecule is CCC(CCO)NC(=O)c1ccc(F)c(NC(C)=O)c1. The van der Waals surface area contributed by atoms with Gasteiger partial charge in [0, 0.05) is 25.1 Å². The summed E-state index contributed by atoms with van der Waals surface area (Å²) in [6.07, 6.45) is 1.15. The van der Waals surface area contributed by atoms with Crippen LogP contribution in [0.2, 0.25) is 0 Å². The smallest absolute Gasteiger partial charge is 0.251 e. The van der Waals surface area contributed by atoms with Crippen molar-refractivity contribution < 1.29 is 19.1 Å². The number of aliphatic hydroxyl groups excluding tert-OH is 1. The van der Waals surface area contributed by atoms with E-state index in [0.29, 0.717) is 12.8 Å². The number of carbonyl (C=O) groups is 2. The zero-order valence-corrected chi connectivity index (χ0v) is 11.6. The lowest BCUT2D eigenvalue weighted by molar-refractivity contribution is -0.114. The molecule has 110 valence electrons. The molecule has 0 fully saturated rings. The lowest BCUT2D eigenvalue weighted by Crippen LogP contribution is -2.35. The molecule has 0 saturated heterocycles. The first kappa shape index (κ1) is 16.1. The minimum Gasteiger partial charge on any atom is -0.396 e. The monoisotopic (exact) mass is 282 g/mol. The topological polar surface area (TPSA) is 78.4 Å². The fourth-order valence-corrected chi connectivity index (χ4v) is 1.75. The summed E-state index contributed by atoms with van der Waals surface area (Å²) >= 11 is 0. The van der Waals surface area contributed by atoms with E-state index >= 15 is 0 Å². The Hall–Kier alpha value is -1.95. The quantitative estimate of drug-likeness (QED) is 0.742. The van der Waals surface area contributed by atoms with Gasteiger partial charge in [0.1, 0.15) is 5.82 Å². The minimum atomic E-state index is -0.598. The summed E-state index contributed by atoms with van der Waals surface area (Å²) in [5, 5.41) is 14.0. The molecule has 0 aliphatic heterocycles. The van der Waals surface area contributed by atoms with Gasteiger partial charge < -0.3 is 15.7 Å². The van der Waals surface area contributed by atoms with E-state index in [9.17, 15) is 14.0 Å². The van der Waals surface area contributed by atoms with Gasteiger partial charge in [-0.1, -0.05) is 6.92 Å². The van der Waals surface area contributed by atoms with Crippen LogP contribution in [-0.2, 0) is 4.79 Å². The van der Waals surface area contributed by atoms with Gasteiger partial charge in [-0.3, -0.25) is 9.59 Å². The lowest BCUT2D eigenvalue weighted by Gasteiger charge is -2.16. The van der Waals surface area contributed by atoms with Crippen LogP contribution in [0.25, 0.3) is 0 Å². The molecule has 1 aromatic rings. The van der Waals surface area contributed by atoms with Crippen molar-refractivity contribution in [2.75, 3.05) is 11.9 Å². The van der Waals surface area contributed by atoms with Gasteiger partial charge in [0.15, 0.2) is 0 Å². The maximum atomic E-state index is 13.5. The first-order valence-corrected chi connectivity index (χ1v) is 6.46. The summed E-state index contributed by atoms with van der Waals surface area (Å²) in [4.78, 5) is 23.0. The summed E-state index contributed by atoms with van der Waals surface area (Å²) < 4.78 is 13.5. The molecule has 1 unspecified atom stereocenters. The largest absolute Gasteiger partial charge is 0.396 e. The number of nitrogens with one attached hydrogen (secondary N) is 2. The molecule has 0 aliphatic rings. The molecule has 20 heavy (non-hydrogen) atoms. The summed E-state index contributed by atoms with van der Waals surface area (Å²) in [6, 6.07) is 3.63. The van der Waals surface area contributed by atoms with E-state index in [4.69, 9.17) is 5.11 Å². The molecule has 6 heteroatoms. The van der Waals surface area contributed by atoms with E-state index in [1.807, 2.05) is 6.92 Å². The Labute approximate surface area is 117 Å². The van der Waals surface area contributed by atoms with Crippen LogP contribution in [-0.4, -0.2) is 29.6 Å². The molecule has 0 radical (unpaired) electrons. The molecule has 0 aliphatic carbocycles. The minimum absolute atomic E-state index is 0.0145. The van der Waals surface area contributed by atoms with E-state index in [1.54, 1.807) is 0 Å². The number of anilines is 1. The molecule has 0 bridgehead atoms. The van der Waals surface area contributed by atoms with Crippen molar-refractivity contribution in [1.29, 1.82) is 0 Å². The number of amides is 2. The Morgan fingerprint density at radius 3 is 2.65 bits per heavy atom. The molecule has 3 N–H and O–H groups in total. The zero-order chi connectivity index (χ0) is 15.1. The number of rotatable bonds is 6. The van der Waals surface area contributed by atoms with E-state index < -0.39 is 11.7 Å². The number of benzene rings is 1. The summed E-state index contributed by atoms with van der Waals surface area (Å²) in [7, 11) is 0. The van der Waals surface area contributed by atoms with Crippen molar-refractivity contribution in [3.05, 3.63) is 29.6 Å². The Kier molecular flexibility index (Phi) is 6.11. The summed E-state index contributed by atoms with van der Waals surface area (Å²) in [5.41, 5.74) is 0.229. The van der Waals surface area contributed by atoms with E-state index in [0.717, 1.165) is 6.07 Å².